The number of nitrogens with one attached hydrogen (secondary N) is 1. The molecule has 0 amide bonds. The first kappa shape index (κ1) is 13.0. The molecule has 1 heterocycles. The summed E-state index contributed by atoms with van der Waals surface area (Å²) in [6, 6.07) is 1.83. The molecule has 1 aromatic carbocycles. The summed E-state index contributed by atoms with van der Waals surface area (Å²) < 4.78 is 37.5. The van der Waals surface area contributed by atoms with Gasteiger partial charge in [-0.05, 0) is 25.5 Å². The van der Waals surface area contributed by atoms with Crippen molar-refractivity contribution in [3.8, 4) is 11.5 Å². The molecule has 1 aliphatic heterocycles. The molecule has 0 aromatic heterocycles. The topological polar surface area (TPSA) is 52.5 Å². The molecule has 1 aromatic rings. The van der Waals surface area contributed by atoms with Gasteiger partial charge in [0.1, 0.15) is 5.56 Å². The van der Waals surface area contributed by atoms with E-state index in [0.717, 1.165) is 31.9 Å². The zero-order chi connectivity index (χ0) is 13.3. The quantitative estimate of drug-likeness (QED) is 0.681. The standard InChI is InChI=1S/C12H14F3NO2/c13-12(14,15)8-5-4-7(10(17)11(8)18)9-3-1-2-6-16-9/h4-5,9,16-18H,1-3,6H2. The van der Waals surface area contributed by atoms with Gasteiger partial charge in [-0.1, -0.05) is 12.5 Å². The van der Waals surface area contributed by atoms with Gasteiger partial charge in [0.15, 0.2) is 11.5 Å². The highest BCUT2D eigenvalue weighted by Gasteiger charge is 2.36. The maximum absolute atomic E-state index is 12.5. The number of halogens is 3. The summed E-state index contributed by atoms with van der Waals surface area (Å²) in [6.07, 6.45) is -1.98. The molecule has 1 saturated heterocycles. The Morgan fingerprint density at radius 1 is 1.11 bits per heavy atom. The van der Waals surface area contributed by atoms with Crippen molar-refractivity contribution in [3.05, 3.63) is 23.3 Å². The molecule has 0 bridgehead atoms. The van der Waals surface area contributed by atoms with Crippen LogP contribution >= 0.6 is 0 Å². The fraction of sp³-hybridized carbons (Fsp3) is 0.500. The minimum absolute atomic E-state index is 0.202. The third-order valence-corrected chi connectivity index (χ3v) is 3.17. The van der Waals surface area contributed by atoms with Crippen LogP contribution in [0.2, 0.25) is 0 Å². The normalized spacial score (nSPS) is 20.9. The van der Waals surface area contributed by atoms with Crippen molar-refractivity contribution in [1.29, 1.82) is 0 Å². The molecule has 0 aliphatic carbocycles. The SMILES string of the molecule is Oc1c(C2CCCCN2)ccc(C(F)(F)F)c1O. The molecule has 1 unspecified atom stereocenters. The minimum Gasteiger partial charge on any atom is -0.504 e. The number of hydrogen-bond acceptors (Lipinski definition) is 3. The first-order valence-electron chi connectivity index (χ1n) is 5.76. The third-order valence-electron chi connectivity index (χ3n) is 3.17. The smallest absolute Gasteiger partial charge is 0.420 e. The van der Waals surface area contributed by atoms with Crippen LogP contribution in [0.1, 0.15) is 36.4 Å². The van der Waals surface area contributed by atoms with Crippen molar-refractivity contribution >= 4 is 0 Å². The Balaban J connectivity index is 2.37. The van der Waals surface area contributed by atoms with Gasteiger partial charge in [-0.25, -0.2) is 0 Å². The molecule has 1 fully saturated rings. The second kappa shape index (κ2) is 4.68. The van der Waals surface area contributed by atoms with E-state index in [9.17, 15) is 23.4 Å². The van der Waals surface area contributed by atoms with E-state index in [4.69, 9.17) is 0 Å². The van der Waals surface area contributed by atoms with Gasteiger partial charge in [-0.15, -0.1) is 0 Å². The van der Waals surface area contributed by atoms with E-state index in [1.165, 1.54) is 6.07 Å². The van der Waals surface area contributed by atoms with E-state index in [-0.39, 0.29) is 6.04 Å². The maximum atomic E-state index is 12.5. The number of aromatic hydroxyl groups is 2. The van der Waals surface area contributed by atoms with Gasteiger partial charge < -0.3 is 15.5 Å². The second-order valence-electron chi connectivity index (χ2n) is 4.40. The molecule has 0 spiro atoms. The Labute approximate surface area is 102 Å². The molecule has 1 aliphatic rings. The molecule has 3 N–H and O–H groups in total. The number of piperidine rings is 1. The van der Waals surface area contributed by atoms with Crippen LogP contribution in [-0.4, -0.2) is 16.8 Å². The summed E-state index contributed by atoms with van der Waals surface area (Å²) in [5.74, 6) is -1.77. The highest BCUT2D eigenvalue weighted by molar-refractivity contribution is 5.52. The summed E-state index contributed by atoms with van der Waals surface area (Å²) in [5.41, 5.74) is -0.889. The highest BCUT2D eigenvalue weighted by atomic mass is 19.4. The lowest BCUT2D eigenvalue weighted by molar-refractivity contribution is -0.138. The van der Waals surface area contributed by atoms with Crippen LogP contribution in [-0.2, 0) is 6.18 Å². The zero-order valence-corrected chi connectivity index (χ0v) is 9.59. The van der Waals surface area contributed by atoms with Crippen molar-refractivity contribution < 1.29 is 23.4 Å². The van der Waals surface area contributed by atoms with Gasteiger partial charge in [0.25, 0.3) is 0 Å². The minimum atomic E-state index is -4.67. The fourth-order valence-electron chi connectivity index (χ4n) is 2.22. The van der Waals surface area contributed by atoms with Crippen molar-refractivity contribution in [3.63, 3.8) is 0 Å². The van der Waals surface area contributed by atoms with Crippen LogP contribution in [0.4, 0.5) is 13.2 Å². The van der Waals surface area contributed by atoms with Crippen LogP contribution in [0.15, 0.2) is 12.1 Å². The predicted molar refractivity (Wildman–Crippen MR) is 59.4 cm³/mol. The highest BCUT2D eigenvalue weighted by Crippen LogP contribution is 2.44. The van der Waals surface area contributed by atoms with Crippen LogP contribution in [0, 0.1) is 0 Å². The van der Waals surface area contributed by atoms with E-state index in [2.05, 4.69) is 5.32 Å². The molecule has 1 atom stereocenters. The third kappa shape index (κ3) is 2.38. The van der Waals surface area contributed by atoms with E-state index in [1.807, 2.05) is 0 Å². The van der Waals surface area contributed by atoms with E-state index in [0.29, 0.717) is 5.56 Å². The van der Waals surface area contributed by atoms with Crippen molar-refractivity contribution in [2.45, 2.75) is 31.5 Å². The number of phenols is 2. The fourth-order valence-corrected chi connectivity index (χ4v) is 2.22. The molecule has 6 heteroatoms. The average molecular weight is 261 g/mol. The predicted octanol–water partition coefficient (Wildman–Crippen LogP) is 2.93. The molecular weight excluding hydrogens is 247 g/mol. The summed E-state index contributed by atoms with van der Waals surface area (Å²) >= 11 is 0. The van der Waals surface area contributed by atoms with Gasteiger partial charge in [0.05, 0.1) is 0 Å². The lowest BCUT2D eigenvalue weighted by Crippen LogP contribution is -2.26. The molecule has 2 rings (SSSR count). The van der Waals surface area contributed by atoms with Crippen molar-refractivity contribution in [2.75, 3.05) is 6.54 Å². The van der Waals surface area contributed by atoms with Gasteiger partial charge in [-0.3, -0.25) is 0 Å². The van der Waals surface area contributed by atoms with Gasteiger partial charge in [-0.2, -0.15) is 13.2 Å². The monoisotopic (exact) mass is 261 g/mol. The van der Waals surface area contributed by atoms with E-state index >= 15 is 0 Å². The summed E-state index contributed by atoms with van der Waals surface area (Å²) in [4.78, 5) is 0. The molecule has 0 radical (unpaired) electrons. The second-order valence-corrected chi connectivity index (χ2v) is 4.40. The van der Waals surface area contributed by atoms with Crippen LogP contribution in [0.25, 0.3) is 0 Å². The first-order chi connectivity index (χ1) is 8.41. The van der Waals surface area contributed by atoms with Gasteiger partial charge in [0, 0.05) is 11.6 Å². The lowest BCUT2D eigenvalue weighted by atomic mass is 9.95. The number of alkyl halides is 3. The maximum Gasteiger partial charge on any atom is 0.420 e. The molecule has 100 valence electrons. The van der Waals surface area contributed by atoms with Gasteiger partial charge >= 0.3 is 6.18 Å². The number of benzene rings is 1. The molecular formula is C12H14F3NO2. The van der Waals surface area contributed by atoms with Crippen molar-refractivity contribution in [1.82, 2.24) is 5.32 Å². The number of rotatable bonds is 1. The van der Waals surface area contributed by atoms with Crippen LogP contribution in [0.3, 0.4) is 0 Å². The summed E-state index contributed by atoms with van der Waals surface area (Å²) in [5, 5.41) is 22.3. The van der Waals surface area contributed by atoms with Crippen LogP contribution < -0.4 is 5.32 Å². The van der Waals surface area contributed by atoms with E-state index < -0.39 is 23.2 Å². The zero-order valence-electron chi connectivity index (χ0n) is 9.59. The Hall–Kier alpha value is -1.43. The van der Waals surface area contributed by atoms with Crippen LogP contribution in [0.5, 0.6) is 11.5 Å². The number of phenolic OH excluding ortho intramolecular Hbond substituents is 2. The molecule has 18 heavy (non-hydrogen) atoms. The number of hydrogen-bond donors (Lipinski definition) is 3. The molecule has 3 nitrogen and oxygen atoms in total. The first-order valence-corrected chi connectivity index (χ1v) is 5.76. The summed E-state index contributed by atoms with van der Waals surface area (Å²) in [6.45, 7) is 0.756. The molecule has 0 saturated carbocycles. The Kier molecular flexibility index (Phi) is 3.38. The lowest BCUT2D eigenvalue weighted by Gasteiger charge is -2.25. The Morgan fingerprint density at radius 2 is 1.83 bits per heavy atom. The van der Waals surface area contributed by atoms with Crippen molar-refractivity contribution in [2.24, 2.45) is 0 Å². The Morgan fingerprint density at radius 3 is 2.39 bits per heavy atom. The van der Waals surface area contributed by atoms with Gasteiger partial charge in [0.2, 0.25) is 0 Å². The summed E-state index contributed by atoms with van der Waals surface area (Å²) in [7, 11) is 0. The van der Waals surface area contributed by atoms with E-state index in [1.54, 1.807) is 0 Å². The largest absolute Gasteiger partial charge is 0.504 e. The average Bonchev–Trinajstić information content (AvgIpc) is 2.32. The Bertz CT molecular complexity index is 440.